The molecule has 1 aliphatic rings. The molecule has 1 unspecified atom stereocenters. The van der Waals surface area contributed by atoms with Crippen LogP contribution in [0, 0.1) is 5.92 Å². The summed E-state index contributed by atoms with van der Waals surface area (Å²) in [5.74, 6) is -1.01. The average molecular weight is 228 g/mol. The van der Waals surface area contributed by atoms with Gasteiger partial charge in [0.25, 0.3) is 0 Å². The fourth-order valence-electron chi connectivity index (χ4n) is 1.96. The Morgan fingerprint density at radius 2 is 2.19 bits per heavy atom. The molecule has 0 spiro atoms. The number of amides is 1. The summed E-state index contributed by atoms with van der Waals surface area (Å²) in [5, 5.41) is 11.1. The molecule has 92 valence electrons. The van der Waals surface area contributed by atoms with Crippen LogP contribution in [0.5, 0.6) is 0 Å². The summed E-state index contributed by atoms with van der Waals surface area (Å²) in [7, 11) is 0. The zero-order valence-electron chi connectivity index (χ0n) is 9.90. The number of carboxylic acids is 1. The first-order chi connectivity index (χ1) is 7.49. The van der Waals surface area contributed by atoms with Crippen molar-refractivity contribution in [2.45, 2.75) is 32.7 Å². The minimum atomic E-state index is -1.08. The molecule has 2 N–H and O–H groups in total. The maximum Gasteiger partial charge on any atom is 0.312 e. The molecular weight excluding hydrogens is 208 g/mol. The van der Waals surface area contributed by atoms with Crippen LogP contribution in [-0.2, 0) is 9.59 Å². The third-order valence-electron chi connectivity index (χ3n) is 2.95. The van der Waals surface area contributed by atoms with Crippen LogP contribution >= 0.6 is 0 Å². The molecule has 16 heavy (non-hydrogen) atoms. The van der Waals surface area contributed by atoms with Gasteiger partial charge in [0.15, 0.2) is 0 Å². The van der Waals surface area contributed by atoms with Gasteiger partial charge in [0.05, 0.1) is 0 Å². The van der Waals surface area contributed by atoms with Gasteiger partial charge < -0.3 is 15.3 Å². The van der Waals surface area contributed by atoms with Crippen LogP contribution in [0.15, 0.2) is 0 Å². The topological polar surface area (TPSA) is 69.6 Å². The SMILES string of the molecule is CC(C)N1CCC(CNC(=O)CC(=O)O)C1. The molecule has 0 bridgehead atoms. The summed E-state index contributed by atoms with van der Waals surface area (Å²) in [6, 6.07) is 0.541. The highest BCUT2D eigenvalue weighted by molar-refractivity contribution is 5.93. The molecule has 1 saturated heterocycles. The third kappa shape index (κ3) is 4.18. The fraction of sp³-hybridized carbons (Fsp3) is 0.818. The molecule has 1 amide bonds. The van der Waals surface area contributed by atoms with Crippen molar-refractivity contribution in [2.75, 3.05) is 19.6 Å². The van der Waals surface area contributed by atoms with Crippen LogP contribution in [0.4, 0.5) is 0 Å². The van der Waals surface area contributed by atoms with Crippen LogP contribution in [0.2, 0.25) is 0 Å². The second kappa shape index (κ2) is 5.84. The second-order valence-electron chi connectivity index (χ2n) is 4.62. The highest BCUT2D eigenvalue weighted by atomic mass is 16.4. The van der Waals surface area contributed by atoms with Gasteiger partial charge in [-0.25, -0.2) is 0 Å². The van der Waals surface area contributed by atoms with E-state index in [0.29, 0.717) is 18.5 Å². The Labute approximate surface area is 95.8 Å². The van der Waals surface area contributed by atoms with Gasteiger partial charge in [0.2, 0.25) is 5.91 Å². The van der Waals surface area contributed by atoms with E-state index in [1.54, 1.807) is 0 Å². The van der Waals surface area contributed by atoms with Gasteiger partial charge >= 0.3 is 5.97 Å². The number of aliphatic carboxylic acids is 1. The highest BCUT2D eigenvalue weighted by Crippen LogP contribution is 2.17. The van der Waals surface area contributed by atoms with Gasteiger partial charge in [-0.15, -0.1) is 0 Å². The van der Waals surface area contributed by atoms with E-state index in [-0.39, 0.29) is 0 Å². The summed E-state index contributed by atoms with van der Waals surface area (Å²) < 4.78 is 0. The number of carbonyl (C=O) groups is 2. The van der Waals surface area contributed by atoms with Crippen LogP contribution in [0.25, 0.3) is 0 Å². The third-order valence-corrected chi connectivity index (χ3v) is 2.95. The maximum atomic E-state index is 11.1. The number of rotatable bonds is 5. The number of carbonyl (C=O) groups excluding carboxylic acids is 1. The minimum absolute atomic E-state index is 0.393. The number of nitrogens with one attached hydrogen (secondary N) is 1. The molecule has 1 fully saturated rings. The number of hydrogen-bond acceptors (Lipinski definition) is 3. The van der Waals surface area contributed by atoms with E-state index < -0.39 is 18.3 Å². The van der Waals surface area contributed by atoms with E-state index in [0.717, 1.165) is 19.5 Å². The van der Waals surface area contributed by atoms with Crippen molar-refractivity contribution in [3.05, 3.63) is 0 Å². The Morgan fingerprint density at radius 1 is 1.50 bits per heavy atom. The fourth-order valence-corrected chi connectivity index (χ4v) is 1.96. The molecule has 0 radical (unpaired) electrons. The van der Waals surface area contributed by atoms with Crippen molar-refractivity contribution in [3.8, 4) is 0 Å². The first-order valence-electron chi connectivity index (χ1n) is 5.71. The molecule has 1 rings (SSSR count). The van der Waals surface area contributed by atoms with E-state index in [2.05, 4.69) is 24.1 Å². The second-order valence-corrected chi connectivity index (χ2v) is 4.62. The lowest BCUT2D eigenvalue weighted by Gasteiger charge is -2.20. The zero-order valence-corrected chi connectivity index (χ0v) is 9.90. The number of hydrogen-bond donors (Lipinski definition) is 2. The highest BCUT2D eigenvalue weighted by Gasteiger charge is 2.24. The molecule has 1 atom stereocenters. The molecule has 1 aliphatic heterocycles. The largest absolute Gasteiger partial charge is 0.481 e. The van der Waals surface area contributed by atoms with E-state index in [4.69, 9.17) is 5.11 Å². The first kappa shape index (κ1) is 13.0. The van der Waals surface area contributed by atoms with Crippen LogP contribution in [0.1, 0.15) is 26.7 Å². The van der Waals surface area contributed by atoms with Crippen molar-refractivity contribution in [2.24, 2.45) is 5.92 Å². The Balaban J connectivity index is 2.20. The molecule has 0 aromatic rings. The van der Waals surface area contributed by atoms with Gasteiger partial charge in [-0.1, -0.05) is 0 Å². The van der Waals surface area contributed by atoms with Crippen LogP contribution in [-0.4, -0.2) is 47.6 Å². The summed E-state index contributed by atoms with van der Waals surface area (Å²) >= 11 is 0. The van der Waals surface area contributed by atoms with Crippen LogP contribution < -0.4 is 5.32 Å². The van der Waals surface area contributed by atoms with Gasteiger partial charge in [-0.05, 0) is 32.7 Å². The quantitative estimate of drug-likeness (QED) is 0.664. The van der Waals surface area contributed by atoms with Crippen molar-refractivity contribution < 1.29 is 14.7 Å². The molecule has 0 aliphatic carbocycles. The predicted octanol–water partition coefficient (Wildman–Crippen LogP) is 0.308. The molecule has 5 nitrogen and oxygen atoms in total. The molecule has 0 aromatic carbocycles. The molecular formula is C11H20N2O3. The zero-order chi connectivity index (χ0) is 12.1. The van der Waals surface area contributed by atoms with Gasteiger partial charge in [-0.2, -0.15) is 0 Å². The lowest BCUT2D eigenvalue weighted by atomic mass is 10.1. The number of nitrogens with zero attached hydrogens (tertiary/aromatic N) is 1. The Bertz CT molecular complexity index is 266. The van der Waals surface area contributed by atoms with Crippen molar-refractivity contribution in [1.82, 2.24) is 10.2 Å². The summed E-state index contributed by atoms with van der Waals surface area (Å²) in [6.07, 6.45) is 0.645. The number of likely N-dealkylation sites (tertiary alicyclic amines) is 1. The van der Waals surface area contributed by atoms with E-state index in [1.807, 2.05) is 0 Å². The van der Waals surface area contributed by atoms with Crippen molar-refractivity contribution >= 4 is 11.9 Å². The Hall–Kier alpha value is -1.10. The van der Waals surface area contributed by atoms with E-state index in [9.17, 15) is 9.59 Å². The molecule has 5 heteroatoms. The van der Waals surface area contributed by atoms with E-state index >= 15 is 0 Å². The standard InChI is InChI=1S/C11H20N2O3/c1-8(2)13-4-3-9(7-13)6-12-10(14)5-11(15)16/h8-9H,3-7H2,1-2H3,(H,12,14)(H,15,16). The van der Waals surface area contributed by atoms with Gasteiger partial charge in [0.1, 0.15) is 6.42 Å². The predicted molar refractivity (Wildman–Crippen MR) is 60.1 cm³/mol. The summed E-state index contributed by atoms with van der Waals surface area (Å²) in [6.45, 7) is 6.97. The summed E-state index contributed by atoms with van der Waals surface area (Å²) in [5.41, 5.74) is 0. The van der Waals surface area contributed by atoms with Crippen LogP contribution in [0.3, 0.4) is 0 Å². The molecule has 1 heterocycles. The van der Waals surface area contributed by atoms with Crippen molar-refractivity contribution in [3.63, 3.8) is 0 Å². The Kier molecular flexibility index (Phi) is 4.73. The minimum Gasteiger partial charge on any atom is -0.481 e. The lowest BCUT2D eigenvalue weighted by Crippen LogP contribution is -2.33. The van der Waals surface area contributed by atoms with Gasteiger partial charge in [0, 0.05) is 19.1 Å². The van der Waals surface area contributed by atoms with Gasteiger partial charge in [-0.3, -0.25) is 9.59 Å². The molecule has 0 aromatic heterocycles. The lowest BCUT2D eigenvalue weighted by molar-refractivity contribution is -0.140. The monoisotopic (exact) mass is 228 g/mol. The average Bonchev–Trinajstić information content (AvgIpc) is 2.61. The first-order valence-corrected chi connectivity index (χ1v) is 5.71. The van der Waals surface area contributed by atoms with Crippen molar-refractivity contribution in [1.29, 1.82) is 0 Å². The maximum absolute atomic E-state index is 11.1. The number of carboxylic acid groups (broad SMARTS) is 1. The smallest absolute Gasteiger partial charge is 0.312 e. The van der Waals surface area contributed by atoms with E-state index in [1.165, 1.54) is 0 Å². The normalized spacial score (nSPS) is 21.3. The summed E-state index contributed by atoms with van der Waals surface area (Å²) in [4.78, 5) is 23.8. The molecule has 0 saturated carbocycles. The Morgan fingerprint density at radius 3 is 2.69 bits per heavy atom.